The van der Waals surface area contributed by atoms with Gasteiger partial charge in [-0.05, 0) is 20.3 Å². The third kappa shape index (κ3) is 7.61. The van der Waals surface area contributed by atoms with E-state index in [-0.39, 0.29) is 0 Å². The quantitative estimate of drug-likeness (QED) is 0.401. The van der Waals surface area contributed by atoms with Gasteiger partial charge < -0.3 is 4.74 Å². The van der Waals surface area contributed by atoms with Crippen molar-refractivity contribution in [1.82, 2.24) is 0 Å². The Morgan fingerprint density at radius 3 is 2.40 bits per heavy atom. The molecule has 1 nitrogen and oxygen atoms in total. The topological polar surface area (TPSA) is 9.23 Å². The summed E-state index contributed by atoms with van der Waals surface area (Å²) in [5, 5.41) is 0. The van der Waals surface area contributed by atoms with Gasteiger partial charge in [0.2, 0.25) is 0 Å². The minimum absolute atomic E-state index is 0.640. The van der Waals surface area contributed by atoms with Crippen LogP contribution in [-0.4, -0.2) is 13.7 Å². The van der Waals surface area contributed by atoms with Crippen LogP contribution in [0.5, 0.6) is 0 Å². The fourth-order valence-corrected chi connectivity index (χ4v) is 1.87. The molecule has 0 saturated heterocycles. The number of ether oxygens (including phenoxy) is 1. The maximum absolute atomic E-state index is 5.26. The number of hydrogen-bond donors (Lipinski definition) is 0. The third-order valence-electron chi connectivity index (χ3n) is 3.12. The Kier molecular flexibility index (Phi) is 10.0. The zero-order chi connectivity index (χ0) is 11.5. The highest BCUT2D eigenvalue weighted by Gasteiger charge is 2.09. The summed E-state index contributed by atoms with van der Waals surface area (Å²) in [6.45, 7) is 7.48. The zero-order valence-corrected chi connectivity index (χ0v) is 11.0. The van der Waals surface area contributed by atoms with Crippen molar-refractivity contribution < 1.29 is 4.74 Å². The van der Waals surface area contributed by atoms with Crippen LogP contribution in [0.3, 0.4) is 0 Å². The smallest absolute Gasteiger partial charge is 0.0527 e. The summed E-state index contributed by atoms with van der Waals surface area (Å²) in [7, 11) is 1.80. The van der Waals surface area contributed by atoms with Crippen LogP contribution in [0.15, 0.2) is 11.6 Å². The van der Waals surface area contributed by atoms with Crippen LogP contribution < -0.4 is 0 Å². The molecule has 1 heteroatoms. The highest BCUT2D eigenvalue weighted by molar-refractivity contribution is 5.01. The maximum Gasteiger partial charge on any atom is 0.0527 e. The molecule has 0 bridgehead atoms. The van der Waals surface area contributed by atoms with E-state index in [4.69, 9.17) is 4.74 Å². The summed E-state index contributed by atoms with van der Waals surface area (Å²) < 4.78 is 5.26. The molecule has 0 aromatic rings. The van der Waals surface area contributed by atoms with Gasteiger partial charge in [-0.3, -0.25) is 0 Å². The molecule has 0 spiro atoms. The lowest BCUT2D eigenvalue weighted by molar-refractivity contribution is 0.160. The van der Waals surface area contributed by atoms with Crippen LogP contribution in [0.25, 0.3) is 0 Å². The lowest BCUT2D eigenvalue weighted by Crippen LogP contribution is -2.09. The molecule has 0 N–H and O–H groups in total. The summed E-state index contributed by atoms with van der Waals surface area (Å²) in [5.41, 5.74) is 1.48. The Hall–Kier alpha value is -0.300. The molecule has 0 amide bonds. The van der Waals surface area contributed by atoms with Crippen molar-refractivity contribution in [1.29, 1.82) is 0 Å². The van der Waals surface area contributed by atoms with E-state index >= 15 is 0 Å². The van der Waals surface area contributed by atoms with Gasteiger partial charge in [0.1, 0.15) is 0 Å². The van der Waals surface area contributed by atoms with Crippen molar-refractivity contribution in [2.75, 3.05) is 13.7 Å². The molecule has 0 aromatic heterocycles. The highest BCUT2D eigenvalue weighted by atomic mass is 16.5. The van der Waals surface area contributed by atoms with Gasteiger partial charge in [-0.2, -0.15) is 0 Å². The maximum atomic E-state index is 5.26. The van der Waals surface area contributed by atoms with Gasteiger partial charge >= 0.3 is 0 Å². The molecule has 15 heavy (non-hydrogen) atoms. The van der Waals surface area contributed by atoms with Crippen LogP contribution in [0, 0.1) is 5.92 Å². The Bertz CT molecular complexity index is 161. The van der Waals surface area contributed by atoms with Crippen molar-refractivity contribution in [3.8, 4) is 0 Å². The Morgan fingerprint density at radius 2 is 1.87 bits per heavy atom. The molecular weight excluding hydrogens is 184 g/mol. The van der Waals surface area contributed by atoms with Crippen molar-refractivity contribution >= 4 is 0 Å². The SMILES string of the molecule is CC=C(C)C(CCCCCCC)COC. The standard InChI is InChI=1S/C14H28O/c1-5-7-8-9-10-11-14(12-15-4)13(3)6-2/h6,14H,5,7-12H2,1-4H3. The van der Waals surface area contributed by atoms with Gasteiger partial charge in [-0.15, -0.1) is 0 Å². The highest BCUT2D eigenvalue weighted by Crippen LogP contribution is 2.19. The van der Waals surface area contributed by atoms with Gasteiger partial charge in [0.15, 0.2) is 0 Å². The Labute approximate surface area is 95.9 Å². The first-order valence-corrected chi connectivity index (χ1v) is 6.38. The normalized spacial score (nSPS) is 14.3. The number of rotatable bonds is 9. The summed E-state index contributed by atoms with van der Waals surface area (Å²) in [6, 6.07) is 0. The van der Waals surface area contributed by atoms with Crippen molar-refractivity contribution in [2.45, 2.75) is 59.3 Å². The van der Waals surface area contributed by atoms with E-state index in [0.717, 1.165) is 6.61 Å². The van der Waals surface area contributed by atoms with E-state index in [1.807, 2.05) is 0 Å². The van der Waals surface area contributed by atoms with E-state index in [0.29, 0.717) is 5.92 Å². The minimum Gasteiger partial charge on any atom is -0.384 e. The molecule has 1 atom stereocenters. The fourth-order valence-electron chi connectivity index (χ4n) is 1.87. The second kappa shape index (κ2) is 10.2. The molecule has 0 rings (SSSR count). The summed E-state index contributed by atoms with van der Waals surface area (Å²) >= 11 is 0. The van der Waals surface area contributed by atoms with E-state index < -0.39 is 0 Å². The van der Waals surface area contributed by atoms with Crippen LogP contribution in [-0.2, 0) is 4.74 Å². The van der Waals surface area contributed by atoms with Gasteiger partial charge in [0.05, 0.1) is 6.61 Å². The first-order valence-electron chi connectivity index (χ1n) is 6.38. The second-order valence-electron chi connectivity index (χ2n) is 4.39. The molecule has 90 valence electrons. The fraction of sp³-hybridized carbons (Fsp3) is 0.857. The van der Waals surface area contributed by atoms with Crippen LogP contribution in [0.1, 0.15) is 59.3 Å². The van der Waals surface area contributed by atoms with E-state index in [2.05, 4.69) is 26.8 Å². The average molecular weight is 212 g/mol. The Morgan fingerprint density at radius 1 is 1.20 bits per heavy atom. The van der Waals surface area contributed by atoms with Crippen molar-refractivity contribution in [3.63, 3.8) is 0 Å². The molecular formula is C14H28O. The van der Waals surface area contributed by atoms with E-state index in [1.165, 1.54) is 44.1 Å². The Balaban J connectivity index is 3.67. The molecule has 0 saturated carbocycles. The first-order chi connectivity index (χ1) is 7.26. The number of unbranched alkanes of at least 4 members (excludes halogenated alkanes) is 4. The molecule has 0 aromatic carbocycles. The van der Waals surface area contributed by atoms with Gasteiger partial charge in [-0.25, -0.2) is 0 Å². The minimum atomic E-state index is 0.640. The van der Waals surface area contributed by atoms with Crippen LogP contribution in [0.4, 0.5) is 0 Å². The number of allylic oxidation sites excluding steroid dienone is 1. The summed E-state index contributed by atoms with van der Waals surface area (Å²) in [4.78, 5) is 0. The molecule has 0 aliphatic rings. The molecule has 0 aliphatic heterocycles. The third-order valence-corrected chi connectivity index (χ3v) is 3.12. The largest absolute Gasteiger partial charge is 0.384 e. The molecule has 0 fully saturated rings. The average Bonchev–Trinajstić information content (AvgIpc) is 2.26. The van der Waals surface area contributed by atoms with Gasteiger partial charge in [0.25, 0.3) is 0 Å². The predicted octanol–water partition coefficient (Wildman–Crippen LogP) is 4.58. The summed E-state index contributed by atoms with van der Waals surface area (Å²) in [5.74, 6) is 0.640. The van der Waals surface area contributed by atoms with E-state index in [1.54, 1.807) is 7.11 Å². The second-order valence-corrected chi connectivity index (χ2v) is 4.39. The number of hydrogen-bond acceptors (Lipinski definition) is 1. The molecule has 0 aliphatic carbocycles. The predicted molar refractivity (Wildman–Crippen MR) is 68.2 cm³/mol. The number of methoxy groups -OCH3 is 1. The van der Waals surface area contributed by atoms with Crippen molar-refractivity contribution in [3.05, 3.63) is 11.6 Å². The summed E-state index contributed by atoms with van der Waals surface area (Å²) in [6.07, 6.45) is 10.3. The van der Waals surface area contributed by atoms with Crippen LogP contribution in [0.2, 0.25) is 0 Å². The van der Waals surface area contributed by atoms with Crippen molar-refractivity contribution in [2.24, 2.45) is 5.92 Å². The molecule has 0 radical (unpaired) electrons. The zero-order valence-electron chi connectivity index (χ0n) is 11.0. The lowest BCUT2D eigenvalue weighted by atomic mass is 9.94. The van der Waals surface area contributed by atoms with Gasteiger partial charge in [0, 0.05) is 13.0 Å². The first kappa shape index (κ1) is 14.7. The van der Waals surface area contributed by atoms with E-state index in [9.17, 15) is 0 Å². The van der Waals surface area contributed by atoms with Crippen LogP contribution >= 0.6 is 0 Å². The molecule has 0 heterocycles. The monoisotopic (exact) mass is 212 g/mol. The van der Waals surface area contributed by atoms with Gasteiger partial charge in [-0.1, -0.05) is 50.7 Å². The molecule has 1 unspecified atom stereocenters. The lowest BCUT2D eigenvalue weighted by Gasteiger charge is -2.16.